The van der Waals surface area contributed by atoms with E-state index in [1.807, 2.05) is 5.48 Å². The van der Waals surface area contributed by atoms with Gasteiger partial charge in [0.15, 0.2) is 16.6 Å². The summed E-state index contributed by atoms with van der Waals surface area (Å²) in [5.74, 6) is -0.0874. The molecule has 2 aromatic heterocycles. The van der Waals surface area contributed by atoms with Gasteiger partial charge >= 0.3 is 0 Å². The largest absolute Gasteiger partial charge is 0.290 e. The topological polar surface area (TPSA) is 129 Å². The fraction of sp³-hybridized carbons (Fsp3) is 0.0714. The van der Waals surface area contributed by atoms with E-state index < -0.39 is 5.82 Å². The zero-order valence-corrected chi connectivity index (χ0v) is 15.2. The zero-order valence-electron chi connectivity index (χ0n) is 12.8. The molecule has 3 N–H and O–H groups in total. The highest BCUT2D eigenvalue weighted by Gasteiger charge is 2.17. The Bertz CT molecular complexity index is 988. The number of hydrogen-bond donors (Lipinski definition) is 3. The maximum atomic E-state index is 13.3. The molecule has 0 saturated carbocycles. The molecule has 134 valence electrons. The summed E-state index contributed by atoms with van der Waals surface area (Å²) in [7, 11) is 0. The number of aliphatic imine (C=N–C) groups is 1. The summed E-state index contributed by atoms with van der Waals surface area (Å²) in [6.45, 7) is 0. The van der Waals surface area contributed by atoms with E-state index in [1.54, 1.807) is 6.07 Å². The molecule has 0 amide bonds. The van der Waals surface area contributed by atoms with Crippen molar-refractivity contribution in [3.8, 4) is 0 Å². The first-order valence-electron chi connectivity index (χ1n) is 7.01. The first-order valence-corrected chi connectivity index (χ1v) is 8.79. The normalized spacial score (nSPS) is 11.6. The molecule has 9 nitrogen and oxygen atoms in total. The van der Waals surface area contributed by atoms with E-state index in [9.17, 15) is 14.4 Å². The second kappa shape index (κ2) is 8.21. The van der Waals surface area contributed by atoms with Gasteiger partial charge in [0.25, 0.3) is 5.56 Å². The van der Waals surface area contributed by atoms with Gasteiger partial charge in [-0.05, 0) is 50.5 Å². The number of aromatic amines is 1. The van der Waals surface area contributed by atoms with E-state index in [4.69, 9.17) is 4.63 Å². The highest BCUT2D eigenvalue weighted by molar-refractivity contribution is 9.10. The Kier molecular flexibility index (Phi) is 5.75. The van der Waals surface area contributed by atoms with Crippen LogP contribution in [0.1, 0.15) is 11.4 Å². The summed E-state index contributed by atoms with van der Waals surface area (Å²) in [6.07, 6.45) is 0. The molecule has 26 heavy (non-hydrogen) atoms. The van der Waals surface area contributed by atoms with Crippen LogP contribution in [0, 0.1) is 5.82 Å². The van der Waals surface area contributed by atoms with E-state index in [0.29, 0.717) is 22.2 Å². The standard InChI is InChI=1S/C14H10BrFN6O3S/c15-9-5-7(1-3-10(9)16)17-13(20-24)12-14(22-25-21-12)26-6-8-2-4-11(23)19-18-8/h1-5,24H,6H2,(H,17,20)(H,19,23). The molecule has 0 fully saturated rings. The number of thioether (sulfide) groups is 1. The minimum absolute atomic E-state index is 0.0262. The number of nitrogens with one attached hydrogen (secondary N) is 2. The molecule has 3 rings (SSSR count). The molecule has 0 unspecified atom stereocenters. The highest BCUT2D eigenvalue weighted by Crippen LogP contribution is 2.25. The molecular formula is C14H10BrFN6O3S. The van der Waals surface area contributed by atoms with Gasteiger partial charge in [0.1, 0.15) is 5.82 Å². The van der Waals surface area contributed by atoms with Gasteiger partial charge in [0.2, 0.25) is 0 Å². The third-order valence-corrected chi connectivity index (χ3v) is 4.62. The van der Waals surface area contributed by atoms with Crippen LogP contribution < -0.4 is 11.0 Å². The SMILES string of the molecule is O=c1ccc(CSc2nonc2C(=Nc2ccc(F)c(Br)c2)NO)n[nH]1. The van der Waals surface area contributed by atoms with Crippen LogP contribution in [-0.2, 0) is 5.75 Å². The Morgan fingerprint density at radius 3 is 2.92 bits per heavy atom. The summed E-state index contributed by atoms with van der Waals surface area (Å²) in [5.41, 5.74) is 2.79. The van der Waals surface area contributed by atoms with E-state index >= 15 is 0 Å². The fourth-order valence-electron chi connectivity index (χ4n) is 1.83. The number of nitrogens with zero attached hydrogens (tertiary/aromatic N) is 4. The van der Waals surface area contributed by atoms with Crippen LogP contribution in [0.2, 0.25) is 0 Å². The second-order valence-corrected chi connectivity index (χ2v) is 6.61. The number of hydrogen-bond acceptors (Lipinski definition) is 8. The van der Waals surface area contributed by atoms with Gasteiger partial charge in [-0.25, -0.2) is 19.1 Å². The van der Waals surface area contributed by atoms with Crippen LogP contribution in [-0.4, -0.2) is 31.6 Å². The van der Waals surface area contributed by atoms with Gasteiger partial charge < -0.3 is 0 Å². The predicted molar refractivity (Wildman–Crippen MR) is 93.9 cm³/mol. The van der Waals surface area contributed by atoms with Crippen LogP contribution in [0.3, 0.4) is 0 Å². The van der Waals surface area contributed by atoms with E-state index in [1.165, 1.54) is 36.0 Å². The molecule has 0 radical (unpaired) electrons. The summed E-state index contributed by atoms with van der Waals surface area (Å²) in [5, 5.41) is 23.4. The van der Waals surface area contributed by atoms with Gasteiger partial charge in [0, 0.05) is 11.8 Å². The molecule has 2 heterocycles. The summed E-state index contributed by atoms with van der Waals surface area (Å²) in [4.78, 5) is 15.2. The van der Waals surface area contributed by atoms with Crippen molar-refractivity contribution in [2.75, 3.05) is 0 Å². The number of amidine groups is 1. The molecule has 12 heteroatoms. The van der Waals surface area contributed by atoms with E-state index in [2.05, 4.69) is 41.4 Å². The fourth-order valence-corrected chi connectivity index (χ4v) is 3.00. The third-order valence-electron chi connectivity index (χ3n) is 3.03. The van der Waals surface area contributed by atoms with E-state index in [0.717, 1.165) is 0 Å². The molecule has 1 aromatic carbocycles. The van der Waals surface area contributed by atoms with Crippen LogP contribution in [0.15, 0.2) is 54.2 Å². The number of halogens is 2. The van der Waals surface area contributed by atoms with Crippen LogP contribution >= 0.6 is 27.7 Å². The maximum Gasteiger partial charge on any atom is 0.264 e. The van der Waals surface area contributed by atoms with Crippen LogP contribution in [0.25, 0.3) is 0 Å². The quantitative estimate of drug-likeness (QED) is 0.238. The van der Waals surface area contributed by atoms with Crippen LogP contribution in [0.4, 0.5) is 10.1 Å². The molecular weight excluding hydrogens is 431 g/mol. The minimum atomic E-state index is -0.435. The number of H-pyrrole nitrogens is 1. The maximum absolute atomic E-state index is 13.3. The predicted octanol–water partition coefficient (Wildman–Crippen LogP) is 2.40. The highest BCUT2D eigenvalue weighted by atomic mass is 79.9. The van der Waals surface area contributed by atoms with E-state index in [-0.39, 0.29) is 21.6 Å². The first kappa shape index (κ1) is 18.2. The number of aromatic nitrogens is 4. The number of rotatable bonds is 5. The lowest BCUT2D eigenvalue weighted by molar-refractivity contribution is 0.234. The van der Waals surface area contributed by atoms with Crippen molar-refractivity contribution in [3.05, 3.63) is 62.4 Å². The Hall–Kier alpha value is -2.57. The van der Waals surface area contributed by atoms with Crippen molar-refractivity contribution in [2.24, 2.45) is 4.99 Å². The zero-order chi connectivity index (χ0) is 18.5. The van der Waals surface area contributed by atoms with Crippen molar-refractivity contribution in [2.45, 2.75) is 10.8 Å². The van der Waals surface area contributed by atoms with Gasteiger partial charge in [-0.3, -0.25) is 15.5 Å². The Balaban J connectivity index is 1.82. The van der Waals surface area contributed by atoms with Crippen molar-refractivity contribution in [1.29, 1.82) is 0 Å². The van der Waals surface area contributed by atoms with Gasteiger partial charge in [-0.15, -0.1) is 0 Å². The Morgan fingerprint density at radius 2 is 2.23 bits per heavy atom. The molecule has 0 aliphatic carbocycles. The summed E-state index contributed by atoms with van der Waals surface area (Å²) >= 11 is 4.29. The number of benzene rings is 1. The third kappa shape index (κ3) is 4.33. The molecule has 0 saturated heterocycles. The Morgan fingerprint density at radius 1 is 1.38 bits per heavy atom. The molecule has 0 aliphatic heterocycles. The monoisotopic (exact) mass is 440 g/mol. The molecule has 0 spiro atoms. The Labute approximate surface area is 157 Å². The average Bonchev–Trinajstić information content (AvgIpc) is 3.10. The van der Waals surface area contributed by atoms with Crippen molar-refractivity contribution in [1.82, 2.24) is 26.0 Å². The summed E-state index contributed by atoms with van der Waals surface area (Å²) in [6, 6.07) is 7.05. The molecule has 0 atom stereocenters. The van der Waals surface area contributed by atoms with Crippen molar-refractivity contribution in [3.63, 3.8) is 0 Å². The second-order valence-electron chi connectivity index (χ2n) is 4.79. The average molecular weight is 441 g/mol. The van der Waals surface area contributed by atoms with Gasteiger partial charge in [0.05, 0.1) is 15.9 Å². The van der Waals surface area contributed by atoms with Gasteiger partial charge in [-0.2, -0.15) is 5.10 Å². The minimum Gasteiger partial charge on any atom is -0.290 e. The molecule has 0 bridgehead atoms. The van der Waals surface area contributed by atoms with Crippen molar-refractivity contribution < 1.29 is 14.2 Å². The van der Waals surface area contributed by atoms with Crippen LogP contribution in [0.5, 0.6) is 0 Å². The first-order chi connectivity index (χ1) is 12.6. The summed E-state index contributed by atoms with van der Waals surface area (Å²) < 4.78 is 18.3. The lowest BCUT2D eigenvalue weighted by Gasteiger charge is -2.04. The molecule has 0 aliphatic rings. The van der Waals surface area contributed by atoms with Gasteiger partial charge in [-0.1, -0.05) is 11.8 Å². The number of hydroxylamine groups is 1. The lowest BCUT2D eigenvalue weighted by atomic mass is 10.3. The molecule has 3 aromatic rings. The lowest BCUT2D eigenvalue weighted by Crippen LogP contribution is -2.21. The van der Waals surface area contributed by atoms with Crippen molar-refractivity contribution >= 4 is 39.2 Å². The smallest absolute Gasteiger partial charge is 0.264 e.